The molecule has 0 aliphatic rings. The minimum absolute atomic E-state index is 0.0489. The number of pyridine rings is 1. The molecule has 0 atom stereocenters. The predicted octanol–water partition coefficient (Wildman–Crippen LogP) is 5.08. The molecular formula is C24H22ClNO4. The SMILES string of the molecule is CCOc1ccc(-c2ccc(CCC(=O)Cc3cc(Cl)ccc3OC=O)cc2)cn1. The van der Waals surface area contributed by atoms with Gasteiger partial charge in [-0.05, 0) is 48.7 Å². The summed E-state index contributed by atoms with van der Waals surface area (Å²) in [6.45, 7) is 2.85. The number of aromatic nitrogens is 1. The first kappa shape index (κ1) is 21.5. The molecule has 0 saturated carbocycles. The van der Waals surface area contributed by atoms with Gasteiger partial charge < -0.3 is 9.47 Å². The number of nitrogens with zero attached hydrogens (tertiary/aromatic N) is 1. The van der Waals surface area contributed by atoms with Crippen LogP contribution in [0.1, 0.15) is 24.5 Å². The molecule has 3 rings (SSSR count). The van der Waals surface area contributed by atoms with Crippen LogP contribution in [-0.4, -0.2) is 23.8 Å². The number of ketones is 1. The highest BCUT2D eigenvalue weighted by atomic mass is 35.5. The highest BCUT2D eigenvalue weighted by Gasteiger charge is 2.11. The molecule has 154 valence electrons. The maximum atomic E-state index is 12.4. The van der Waals surface area contributed by atoms with Crippen LogP contribution in [-0.2, 0) is 22.4 Å². The van der Waals surface area contributed by atoms with E-state index >= 15 is 0 Å². The zero-order chi connectivity index (χ0) is 21.3. The average molecular weight is 424 g/mol. The van der Waals surface area contributed by atoms with Crippen molar-refractivity contribution >= 4 is 23.9 Å². The lowest BCUT2D eigenvalue weighted by Crippen LogP contribution is -2.06. The first-order chi connectivity index (χ1) is 14.6. The third-order valence-electron chi connectivity index (χ3n) is 4.59. The molecule has 0 bridgehead atoms. The Morgan fingerprint density at radius 1 is 1.07 bits per heavy atom. The summed E-state index contributed by atoms with van der Waals surface area (Å²) >= 11 is 6.00. The van der Waals surface area contributed by atoms with Gasteiger partial charge in [0.05, 0.1) is 6.61 Å². The minimum atomic E-state index is 0.0489. The normalized spacial score (nSPS) is 10.5. The predicted molar refractivity (Wildman–Crippen MR) is 116 cm³/mol. The first-order valence-electron chi connectivity index (χ1n) is 9.67. The van der Waals surface area contributed by atoms with E-state index in [2.05, 4.69) is 4.98 Å². The quantitative estimate of drug-likeness (QED) is 0.425. The molecule has 0 N–H and O–H groups in total. The molecule has 5 nitrogen and oxygen atoms in total. The Hall–Kier alpha value is -3.18. The summed E-state index contributed by atoms with van der Waals surface area (Å²) in [4.78, 5) is 27.3. The number of ether oxygens (including phenoxy) is 2. The number of rotatable bonds is 10. The number of hydrogen-bond acceptors (Lipinski definition) is 5. The van der Waals surface area contributed by atoms with E-state index in [-0.39, 0.29) is 12.2 Å². The maximum absolute atomic E-state index is 12.4. The van der Waals surface area contributed by atoms with Crippen molar-refractivity contribution in [3.8, 4) is 22.8 Å². The fourth-order valence-electron chi connectivity index (χ4n) is 3.09. The molecule has 1 aromatic heterocycles. The van der Waals surface area contributed by atoms with Gasteiger partial charge in [0.25, 0.3) is 6.47 Å². The van der Waals surface area contributed by atoms with E-state index in [0.29, 0.717) is 48.1 Å². The topological polar surface area (TPSA) is 65.5 Å². The van der Waals surface area contributed by atoms with Crippen molar-refractivity contribution < 1.29 is 19.1 Å². The monoisotopic (exact) mass is 423 g/mol. The molecule has 0 aliphatic heterocycles. The van der Waals surface area contributed by atoms with E-state index in [1.807, 2.05) is 43.3 Å². The Morgan fingerprint density at radius 3 is 2.50 bits per heavy atom. The lowest BCUT2D eigenvalue weighted by atomic mass is 10.00. The number of benzene rings is 2. The highest BCUT2D eigenvalue weighted by molar-refractivity contribution is 6.30. The summed E-state index contributed by atoms with van der Waals surface area (Å²) in [7, 11) is 0. The van der Waals surface area contributed by atoms with Crippen molar-refractivity contribution in [3.05, 3.63) is 76.9 Å². The zero-order valence-corrected chi connectivity index (χ0v) is 17.4. The van der Waals surface area contributed by atoms with Gasteiger partial charge in [-0.15, -0.1) is 0 Å². The number of Topliss-reactive ketones (excluding diaryl/α,β-unsaturated/α-hetero) is 1. The van der Waals surface area contributed by atoms with Crippen molar-refractivity contribution in [3.63, 3.8) is 0 Å². The second-order valence-corrected chi connectivity index (χ2v) is 7.13. The lowest BCUT2D eigenvalue weighted by molar-refractivity contribution is -0.121. The number of carbonyl (C=O) groups is 2. The lowest BCUT2D eigenvalue weighted by Gasteiger charge is -2.08. The van der Waals surface area contributed by atoms with Crippen LogP contribution < -0.4 is 9.47 Å². The Bertz CT molecular complexity index is 1000. The third-order valence-corrected chi connectivity index (χ3v) is 4.83. The van der Waals surface area contributed by atoms with Crippen molar-refractivity contribution in [1.29, 1.82) is 0 Å². The zero-order valence-electron chi connectivity index (χ0n) is 16.6. The second-order valence-electron chi connectivity index (χ2n) is 6.70. The van der Waals surface area contributed by atoms with Crippen LogP contribution in [0.15, 0.2) is 60.8 Å². The second kappa shape index (κ2) is 10.6. The standard InChI is InChI=1S/C24H22ClNO4/c1-2-29-24-12-8-19(15-26-24)18-6-3-17(4-7-18)5-10-22(28)14-20-13-21(25)9-11-23(20)30-16-27/h3-4,6-9,11-13,15-16H,2,5,10,14H2,1H3. The Balaban J connectivity index is 1.58. The number of carbonyl (C=O) groups excluding carboxylic acids is 2. The van der Waals surface area contributed by atoms with Crippen molar-refractivity contribution in [2.75, 3.05) is 6.61 Å². The molecule has 0 saturated heterocycles. The van der Waals surface area contributed by atoms with Gasteiger partial charge in [-0.1, -0.05) is 35.9 Å². The molecule has 0 unspecified atom stereocenters. The summed E-state index contributed by atoms with van der Waals surface area (Å²) in [5.41, 5.74) is 3.74. The Kier molecular flexibility index (Phi) is 7.57. The molecule has 0 radical (unpaired) electrons. The Morgan fingerprint density at radius 2 is 1.83 bits per heavy atom. The van der Waals surface area contributed by atoms with E-state index in [0.717, 1.165) is 16.7 Å². The van der Waals surface area contributed by atoms with Gasteiger partial charge in [0.15, 0.2) is 0 Å². The smallest absolute Gasteiger partial charge is 0.298 e. The van der Waals surface area contributed by atoms with Crippen LogP contribution in [0.4, 0.5) is 0 Å². The van der Waals surface area contributed by atoms with E-state index < -0.39 is 0 Å². The number of halogens is 1. The van der Waals surface area contributed by atoms with Crippen LogP contribution in [0.3, 0.4) is 0 Å². The minimum Gasteiger partial charge on any atom is -0.478 e. The number of hydrogen-bond donors (Lipinski definition) is 0. The molecule has 0 fully saturated rings. The van der Waals surface area contributed by atoms with Crippen LogP contribution >= 0.6 is 11.6 Å². The average Bonchev–Trinajstić information content (AvgIpc) is 2.75. The number of aryl methyl sites for hydroxylation is 1. The maximum Gasteiger partial charge on any atom is 0.298 e. The summed E-state index contributed by atoms with van der Waals surface area (Å²) in [6.07, 6.45) is 2.97. The van der Waals surface area contributed by atoms with Crippen molar-refractivity contribution in [1.82, 2.24) is 4.98 Å². The molecule has 30 heavy (non-hydrogen) atoms. The van der Waals surface area contributed by atoms with Crippen molar-refractivity contribution in [2.24, 2.45) is 0 Å². The first-order valence-corrected chi connectivity index (χ1v) is 10.1. The molecule has 0 amide bonds. The summed E-state index contributed by atoms with van der Waals surface area (Å²) in [5.74, 6) is 1.02. The molecule has 6 heteroatoms. The highest BCUT2D eigenvalue weighted by Crippen LogP contribution is 2.24. The van der Waals surface area contributed by atoms with E-state index in [1.54, 1.807) is 24.4 Å². The van der Waals surface area contributed by atoms with Gasteiger partial charge in [-0.25, -0.2) is 4.98 Å². The fourth-order valence-corrected chi connectivity index (χ4v) is 3.28. The van der Waals surface area contributed by atoms with Gasteiger partial charge in [0, 0.05) is 41.3 Å². The van der Waals surface area contributed by atoms with E-state index in [4.69, 9.17) is 21.1 Å². The van der Waals surface area contributed by atoms with Crippen LogP contribution in [0, 0.1) is 0 Å². The third kappa shape index (κ3) is 5.91. The van der Waals surface area contributed by atoms with Gasteiger partial charge in [-0.2, -0.15) is 0 Å². The van der Waals surface area contributed by atoms with E-state index in [1.165, 1.54) is 0 Å². The fraction of sp³-hybridized carbons (Fsp3) is 0.208. The summed E-state index contributed by atoms with van der Waals surface area (Å²) in [5, 5.41) is 0.496. The van der Waals surface area contributed by atoms with E-state index in [9.17, 15) is 9.59 Å². The van der Waals surface area contributed by atoms with Gasteiger partial charge in [0.2, 0.25) is 5.88 Å². The largest absolute Gasteiger partial charge is 0.478 e. The molecule has 3 aromatic rings. The molecule has 0 aliphatic carbocycles. The van der Waals surface area contributed by atoms with Gasteiger partial charge in [0.1, 0.15) is 11.5 Å². The van der Waals surface area contributed by atoms with Crippen LogP contribution in [0.25, 0.3) is 11.1 Å². The summed E-state index contributed by atoms with van der Waals surface area (Å²) in [6, 6.07) is 16.7. The molecule has 2 aromatic carbocycles. The van der Waals surface area contributed by atoms with Crippen molar-refractivity contribution in [2.45, 2.75) is 26.2 Å². The molecule has 1 heterocycles. The van der Waals surface area contributed by atoms with Gasteiger partial charge in [-0.3, -0.25) is 9.59 Å². The molecule has 0 spiro atoms. The summed E-state index contributed by atoms with van der Waals surface area (Å²) < 4.78 is 10.3. The Labute approximate surface area is 180 Å². The molecular weight excluding hydrogens is 402 g/mol. The van der Waals surface area contributed by atoms with Crippen LogP contribution in [0.2, 0.25) is 5.02 Å². The van der Waals surface area contributed by atoms with Gasteiger partial charge >= 0.3 is 0 Å². The van der Waals surface area contributed by atoms with Crippen LogP contribution in [0.5, 0.6) is 11.6 Å².